The third-order valence-corrected chi connectivity index (χ3v) is 4.30. The molecule has 0 radical (unpaired) electrons. The molecule has 26 heavy (non-hydrogen) atoms. The molecule has 0 saturated carbocycles. The first kappa shape index (κ1) is 16.4. The highest BCUT2D eigenvalue weighted by Gasteiger charge is 2.11. The van der Waals surface area contributed by atoms with E-state index >= 15 is 0 Å². The van der Waals surface area contributed by atoms with Crippen molar-refractivity contribution in [2.45, 2.75) is 13.8 Å². The molecule has 4 rings (SSSR count). The van der Waals surface area contributed by atoms with Crippen LogP contribution in [0.5, 0.6) is 11.6 Å². The second kappa shape index (κ2) is 6.69. The zero-order valence-electron chi connectivity index (χ0n) is 14.4. The lowest BCUT2D eigenvalue weighted by Gasteiger charge is -2.12. The number of aromatic amines is 1. The van der Waals surface area contributed by atoms with Crippen LogP contribution in [-0.4, -0.2) is 15.2 Å². The van der Waals surface area contributed by atoms with Crippen LogP contribution in [0.3, 0.4) is 0 Å². The molecule has 0 aliphatic rings. The highest BCUT2D eigenvalue weighted by molar-refractivity contribution is 6.30. The van der Waals surface area contributed by atoms with Gasteiger partial charge in [-0.25, -0.2) is 0 Å². The van der Waals surface area contributed by atoms with Crippen LogP contribution in [-0.2, 0) is 0 Å². The zero-order valence-corrected chi connectivity index (χ0v) is 15.1. The van der Waals surface area contributed by atoms with Crippen molar-refractivity contribution in [3.8, 4) is 11.6 Å². The van der Waals surface area contributed by atoms with Crippen LogP contribution in [0.1, 0.15) is 11.3 Å². The summed E-state index contributed by atoms with van der Waals surface area (Å²) in [5.74, 6) is 2.59. The van der Waals surface area contributed by atoms with Crippen LogP contribution in [0.15, 0.2) is 54.6 Å². The molecule has 0 saturated heterocycles. The van der Waals surface area contributed by atoms with Crippen molar-refractivity contribution in [3.05, 3.63) is 70.9 Å². The predicted molar refractivity (Wildman–Crippen MR) is 105 cm³/mol. The molecule has 2 aromatic heterocycles. The number of hydrogen-bond acceptors (Lipinski definition) is 4. The van der Waals surface area contributed by atoms with Crippen molar-refractivity contribution in [2.24, 2.45) is 0 Å². The zero-order chi connectivity index (χ0) is 18.1. The second-order valence-electron chi connectivity index (χ2n) is 6.10. The van der Waals surface area contributed by atoms with E-state index in [0.29, 0.717) is 28.3 Å². The molecule has 0 amide bonds. The van der Waals surface area contributed by atoms with E-state index < -0.39 is 0 Å². The maximum absolute atomic E-state index is 6.05. The molecule has 0 aliphatic heterocycles. The van der Waals surface area contributed by atoms with Gasteiger partial charge >= 0.3 is 0 Å². The number of aromatic nitrogens is 3. The van der Waals surface area contributed by atoms with Crippen LogP contribution >= 0.6 is 11.6 Å². The lowest BCUT2D eigenvalue weighted by Crippen LogP contribution is -1.98. The third kappa shape index (κ3) is 3.34. The van der Waals surface area contributed by atoms with E-state index in [-0.39, 0.29) is 0 Å². The van der Waals surface area contributed by atoms with Gasteiger partial charge in [-0.3, -0.25) is 5.10 Å². The minimum Gasteiger partial charge on any atom is -0.438 e. The van der Waals surface area contributed by atoms with Crippen molar-refractivity contribution in [1.82, 2.24) is 15.2 Å². The van der Waals surface area contributed by atoms with Gasteiger partial charge in [0.2, 0.25) is 5.88 Å². The van der Waals surface area contributed by atoms with Gasteiger partial charge in [-0.1, -0.05) is 23.7 Å². The number of pyridine rings is 1. The Morgan fingerprint density at radius 3 is 2.50 bits per heavy atom. The minimum absolute atomic E-state index is 0.531. The second-order valence-corrected chi connectivity index (χ2v) is 6.54. The van der Waals surface area contributed by atoms with E-state index in [1.165, 1.54) is 0 Å². The Morgan fingerprint density at radius 1 is 0.962 bits per heavy atom. The van der Waals surface area contributed by atoms with Crippen molar-refractivity contribution >= 4 is 34.0 Å². The molecule has 0 unspecified atom stereocenters. The fourth-order valence-corrected chi connectivity index (χ4v) is 2.89. The minimum atomic E-state index is 0.531. The number of rotatable bonds is 4. The highest BCUT2D eigenvalue weighted by atomic mass is 35.5. The molecule has 130 valence electrons. The molecular weight excluding hydrogens is 348 g/mol. The standard InChI is InChI=1S/C20H17ClN4O/c1-12-4-3-5-16-17(12)11-18(22-19-10-13(2)24-25-19)23-20(16)26-15-8-6-14(21)7-9-15/h3-11H,1-2H3,(H2,22,23,24,25). The number of H-pyrrole nitrogens is 1. The average molecular weight is 365 g/mol. The molecule has 0 fully saturated rings. The van der Waals surface area contributed by atoms with Crippen molar-refractivity contribution in [3.63, 3.8) is 0 Å². The summed E-state index contributed by atoms with van der Waals surface area (Å²) in [5, 5.41) is 13.0. The summed E-state index contributed by atoms with van der Waals surface area (Å²) < 4.78 is 6.05. The summed E-state index contributed by atoms with van der Waals surface area (Å²) in [7, 11) is 0. The predicted octanol–water partition coefficient (Wildman–Crippen LogP) is 5.76. The largest absolute Gasteiger partial charge is 0.438 e. The van der Waals surface area contributed by atoms with E-state index in [0.717, 1.165) is 22.0 Å². The molecule has 2 heterocycles. The van der Waals surface area contributed by atoms with E-state index in [1.54, 1.807) is 12.1 Å². The highest BCUT2D eigenvalue weighted by Crippen LogP contribution is 2.33. The Morgan fingerprint density at radius 2 is 1.77 bits per heavy atom. The molecule has 4 aromatic rings. The Kier molecular flexibility index (Phi) is 4.22. The molecule has 2 N–H and O–H groups in total. The Balaban J connectivity index is 1.78. The van der Waals surface area contributed by atoms with Gasteiger partial charge < -0.3 is 10.1 Å². The van der Waals surface area contributed by atoms with Crippen LogP contribution < -0.4 is 10.1 Å². The SMILES string of the molecule is Cc1cc(Nc2cc3c(C)cccc3c(Oc3ccc(Cl)cc3)n2)n[nH]1. The van der Waals surface area contributed by atoms with E-state index in [2.05, 4.69) is 33.5 Å². The fourth-order valence-electron chi connectivity index (χ4n) is 2.77. The van der Waals surface area contributed by atoms with Crippen LogP contribution in [0.2, 0.25) is 5.02 Å². The number of aryl methyl sites for hydroxylation is 2. The molecule has 0 aliphatic carbocycles. The van der Waals surface area contributed by atoms with Crippen molar-refractivity contribution in [1.29, 1.82) is 0 Å². The van der Waals surface area contributed by atoms with Crippen molar-refractivity contribution in [2.75, 3.05) is 5.32 Å². The van der Waals surface area contributed by atoms with Gasteiger partial charge in [-0.15, -0.1) is 0 Å². The molecular formula is C20H17ClN4O. The molecule has 6 heteroatoms. The first-order valence-electron chi connectivity index (χ1n) is 8.21. The van der Waals surface area contributed by atoms with Crippen molar-refractivity contribution < 1.29 is 4.74 Å². The summed E-state index contributed by atoms with van der Waals surface area (Å²) in [4.78, 5) is 4.64. The molecule has 5 nitrogen and oxygen atoms in total. The number of hydrogen-bond donors (Lipinski definition) is 2. The van der Waals surface area contributed by atoms with E-state index in [1.807, 2.05) is 43.3 Å². The average Bonchev–Trinajstić information content (AvgIpc) is 3.03. The Hall–Kier alpha value is -3.05. The monoisotopic (exact) mass is 364 g/mol. The number of anilines is 2. The summed E-state index contributed by atoms with van der Waals surface area (Å²) in [6, 6.07) is 17.2. The van der Waals surface area contributed by atoms with Gasteiger partial charge in [0.25, 0.3) is 0 Å². The topological polar surface area (TPSA) is 62.8 Å². The summed E-state index contributed by atoms with van der Waals surface area (Å²) >= 11 is 5.96. The molecule has 0 atom stereocenters. The number of benzene rings is 2. The lowest BCUT2D eigenvalue weighted by atomic mass is 10.1. The normalized spacial score (nSPS) is 10.9. The maximum Gasteiger partial charge on any atom is 0.229 e. The number of ether oxygens (including phenoxy) is 1. The van der Waals surface area contributed by atoms with Crippen LogP contribution in [0.25, 0.3) is 10.8 Å². The quantitative estimate of drug-likeness (QED) is 0.483. The Labute approximate surface area is 156 Å². The number of fused-ring (bicyclic) bond motifs is 1. The molecule has 0 spiro atoms. The van der Waals surface area contributed by atoms with Gasteiger partial charge in [0.15, 0.2) is 5.82 Å². The fraction of sp³-hybridized carbons (Fsp3) is 0.100. The molecule has 2 aromatic carbocycles. The van der Waals surface area contributed by atoms with Gasteiger partial charge in [0.05, 0.1) is 0 Å². The van der Waals surface area contributed by atoms with Gasteiger partial charge in [-0.2, -0.15) is 10.1 Å². The summed E-state index contributed by atoms with van der Waals surface area (Å²) in [6.45, 7) is 4.02. The number of halogens is 1. The number of nitrogens with one attached hydrogen (secondary N) is 2. The van der Waals surface area contributed by atoms with Crippen LogP contribution in [0.4, 0.5) is 11.6 Å². The van der Waals surface area contributed by atoms with Gasteiger partial charge in [0, 0.05) is 22.2 Å². The first-order valence-corrected chi connectivity index (χ1v) is 8.59. The Bertz CT molecular complexity index is 1070. The first-order chi connectivity index (χ1) is 12.6. The molecule has 0 bridgehead atoms. The maximum atomic E-state index is 6.05. The summed E-state index contributed by atoms with van der Waals surface area (Å²) in [5.41, 5.74) is 2.12. The number of nitrogens with zero attached hydrogens (tertiary/aromatic N) is 2. The van der Waals surface area contributed by atoms with E-state index in [4.69, 9.17) is 16.3 Å². The van der Waals surface area contributed by atoms with Gasteiger partial charge in [-0.05, 0) is 61.2 Å². The van der Waals surface area contributed by atoms with Crippen LogP contribution in [0, 0.1) is 13.8 Å². The van der Waals surface area contributed by atoms with Gasteiger partial charge in [0.1, 0.15) is 11.6 Å². The van der Waals surface area contributed by atoms with E-state index in [9.17, 15) is 0 Å². The smallest absolute Gasteiger partial charge is 0.229 e. The third-order valence-electron chi connectivity index (χ3n) is 4.05. The lowest BCUT2D eigenvalue weighted by molar-refractivity contribution is 0.470. The summed E-state index contributed by atoms with van der Waals surface area (Å²) in [6.07, 6.45) is 0.